The standard InChI is InChI=1S/C11H10ClFN2O4/c1-2-3-14(6-11(16)17)9-4-7(12)8(13)5-10(9)15(18)19/h2,4-5H,1,3,6H2,(H,16,17). The van der Waals surface area contributed by atoms with Crippen LogP contribution in [0.3, 0.4) is 0 Å². The van der Waals surface area contributed by atoms with Gasteiger partial charge in [-0.2, -0.15) is 0 Å². The molecule has 0 aliphatic rings. The molecule has 0 saturated carbocycles. The van der Waals surface area contributed by atoms with Crippen molar-refractivity contribution in [2.24, 2.45) is 0 Å². The highest BCUT2D eigenvalue weighted by atomic mass is 35.5. The summed E-state index contributed by atoms with van der Waals surface area (Å²) in [5.41, 5.74) is -0.622. The second kappa shape index (κ2) is 6.14. The summed E-state index contributed by atoms with van der Waals surface area (Å²) in [6, 6.07) is 1.69. The van der Waals surface area contributed by atoms with E-state index in [2.05, 4.69) is 6.58 Å². The molecule has 0 amide bonds. The maximum Gasteiger partial charge on any atom is 0.323 e. The zero-order valence-corrected chi connectivity index (χ0v) is 10.4. The minimum atomic E-state index is -1.18. The molecule has 0 saturated heterocycles. The molecule has 0 aromatic heterocycles. The van der Waals surface area contributed by atoms with Crippen LogP contribution in [-0.2, 0) is 4.79 Å². The van der Waals surface area contributed by atoms with Crippen LogP contribution in [0.5, 0.6) is 0 Å². The van der Waals surface area contributed by atoms with Gasteiger partial charge in [-0.3, -0.25) is 14.9 Å². The van der Waals surface area contributed by atoms with E-state index in [1.165, 1.54) is 11.0 Å². The van der Waals surface area contributed by atoms with E-state index >= 15 is 0 Å². The van der Waals surface area contributed by atoms with Crippen molar-refractivity contribution in [1.29, 1.82) is 0 Å². The zero-order chi connectivity index (χ0) is 14.6. The number of aliphatic carboxylic acids is 1. The molecule has 0 atom stereocenters. The first-order valence-corrected chi connectivity index (χ1v) is 5.45. The molecule has 6 nitrogen and oxygen atoms in total. The number of rotatable bonds is 6. The van der Waals surface area contributed by atoms with E-state index in [1.54, 1.807) is 0 Å². The highest BCUT2D eigenvalue weighted by Crippen LogP contribution is 2.33. The number of carbonyl (C=O) groups is 1. The van der Waals surface area contributed by atoms with E-state index in [-0.39, 0.29) is 17.3 Å². The van der Waals surface area contributed by atoms with Gasteiger partial charge in [-0.25, -0.2) is 4.39 Å². The van der Waals surface area contributed by atoms with Crippen molar-refractivity contribution in [3.05, 3.63) is 45.7 Å². The Labute approximate surface area is 112 Å². The summed E-state index contributed by atoms with van der Waals surface area (Å²) in [6.45, 7) is 3.00. The lowest BCUT2D eigenvalue weighted by molar-refractivity contribution is -0.384. The summed E-state index contributed by atoms with van der Waals surface area (Å²) in [7, 11) is 0. The fourth-order valence-electron chi connectivity index (χ4n) is 1.49. The van der Waals surface area contributed by atoms with Crippen molar-refractivity contribution in [1.82, 2.24) is 0 Å². The third kappa shape index (κ3) is 3.65. The summed E-state index contributed by atoms with van der Waals surface area (Å²) in [5.74, 6) is -2.12. The van der Waals surface area contributed by atoms with Crippen LogP contribution in [0.1, 0.15) is 0 Å². The summed E-state index contributed by atoms with van der Waals surface area (Å²) in [5, 5.41) is 19.3. The van der Waals surface area contributed by atoms with Crippen LogP contribution in [0.15, 0.2) is 24.8 Å². The van der Waals surface area contributed by atoms with E-state index in [0.717, 1.165) is 6.07 Å². The van der Waals surface area contributed by atoms with E-state index in [0.29, 0.717) is 6.07 Å². The van der Waals surface area contributed by atoms with Crippen molar-refractivity contribution in [3.63, 3.8) is 0 Å². The van der Waals surface area contributed by atoms with Crippen LogP contribution in [0.4, 0.5) is 15.8 Å². The molecular weight excluding hydrogens is 279 g/mol. The van der Waals surface area contributed by atoms with Crippen molar-refractivity contribution >= 4 is 28.9 Å². The Bertz CT molecular complexity index is 536. The predicted molar refractivity (Wildman–Crippen MR) is 68.1 cm³/mol. The second-order valence-corrected chi connectivity index (χ2v) is 3.98. The first-order chi connectivity index (χ1) is 8.86. The average molecular weight is 289 g/mol. The molecule has 8 heteroatoms. The largest absolute Gasteiger partial charge is 0.480 e. The smallest absolute Gasteiger partial charge is 0.323 e. The van der Waals surface area contributed by atoms with Crippen LogP contribution in [0.25, 0.3) is 0 Å². The maximum atomic E-state index is 13.2. The molecule has 0 aliphatic heterocycles. The first-order valence-electron chi connectivity index (χ1n) is 5.08. The van der Waals surface area contributed by atoms with E-state index in [4.69, 9.17) is 16.7 Å². The lowest BCUT2D eigenvalue weighted by atomic mass is 10.2. The summed E-state index contributed by atoms with van der Waals surface area (Å²) in [4.78, 5) is 22.0. The molecule has 0 radical (unpaired) electrons. The molecule has 19 heavy (non-hydrogen) atoms. The van der Waals surface area contributed by atoms with Crippen molar-refractivity contribution in [3.8, 4) is 0 Å². The second-order valence-electron chi connectivity index (χ2n) is 3.58. The number of hydrogen-bond donors (Lipinski definition) is 1. The first kappa shape index (κ1) is 14.9. The fraction of sp³-hybridized carbons (Fsp3) is 0.182. The molecule has 0 aliphatic carbocycles. The molecule has 0 heterocycles. The van der Waals surface area contributed by atoms with Crippen LogP contribution in [0.2, 0.25) is 5.02 Å². The molecule has 1 aromatic carbocycles. The van der Waals surface area contributed by atoms with Gasteiger partial charge in [0.1, 0.15) is 18.0 Å². The Hall–Kier alpha value is -2.15. The average Bonchev–Trinajstić information content (AvgIpc) is 2.30. The van der Waals surface area contributed by atoms with E-state index < -0.39 is 28.9 Å². The maximum absolute atomic E-state index is 13.2. The number of nitro benzene ring substituents is 1. The number of hydrogen-bond acceptors (Lipinski definition) is 4. The highest BCUT2D eigenvalue weighted by Gasteiger charge is 2.23. The molecule has 0 bridgehead atoms. The monoisotopic (exact) mass is 288 g/mol. The topological polar surface area (TPSA) is 83.7 Å². The Morgan fingerprint density at radius 3 is 2.74 bits per heavy atom. The van der Waals surface area contributed by atoms with Crippen molar-refractivity contribution < 1.29 is 19.2 Å². The van der Waals surface area contributed by atoms with Gasteiger partial charge in [-0.1, -0.05) is 17.7 Å². The molecule has 0 unspecified atom stereocenters. The van der Waals surface area contributed by atoms with Gasteiger partial charge in [0.2, 0.25) is 0 Å². The Morgan fingerprint density at radius 2 is 2.26 bits per heavy atom. The number of halogens is 2. The minimum Gasteiger partial charge on any atom is -0.480 e. The van der Waals surface area contributed by atoms with Crippen LogP contribution in [0, 0.1) is 15.9 Å². The third-order valence-corrected chi connectivity index (χ3v) is 2.52. The summed E-state index contributed by atoms with van der Waals surface area (Å²) < 4.78 is 13.2. The fourth-order valence-corrected chi connectivity index (χ4v) is 1.65. The van der Waals surface area contributed by atoms with Crippen LogP contribution < -0.4 is 4.90 Å². The SMILES string of the molecule is C=CCN(CC(=O)O)c1cc(Cl)c(F)cc1[N+](=O)[O-]. The van der Waals surface area contributed by atoms with Gasteiger partial charge in [0, 0.05) is 6.54 Å². The van der Waals surface area contributed by atoms with Gasteiger partial charge in [-0.05, 0) is 6.07 Å². The van der Waals surface area contributed by atoms with Crippen LogP contribution in [-0.4, -0.2) is 29.1 Å². The molecule has 1 N–H and O–H groups in total. The lowest BCUT2D eigenvalue weighted by Gasteiger charge is -2.21. The number of benzene rings is 1. The molecule has 1 rings (SSSR count). The number of nitrogens with zero attached hydrogens (tertiary/aromatic N) is 2. The number of nitro groups is 1. The summed E-state index contributed by atoms with van der Waals surface area (Å²) >= 11 is 5.57. The normalized spacial score (nSPS) is 10.0. The molecule has 0 fully saturated rings. The van der Waals surface area contributed by atoms with Gasteiger partial charge in [-0.15, -0.1) is 6.58 Å². The third-order valence-electron chi connectivity index (χ3n) is 2.23. The van der Waals surface area contributed by atoms with E-state index in [1.807, 2.05) is 0 Å². The number of carboxylic acid groups (broad SMARTS) is 1. The lowest BCUT2D eigenvalue weighted by Crippen LogP contribution is -2.30. The molecule has 1 aromatic rings. The molecule has 0 spiro atoms. The Balaban J connectivity index is 3.34. The van der Waals surface area contributed by atoms with Crippen molar-refractivity contribution in [2.45, 2.75) is 0 Å². The van der Waals surface area contributed by atoms with E-state index in [9.17, 15) is 19.3 Å². The van der Waals surface area contributed by atoms with Gasteiger partial charge < -0.3 is 10.0 Å². The zero-order valence-electron chi connectivity index (χ0n) is 9.68. The van der Waals surface area contributed by atoms with Crippen LogP contribution >= 0.6 is 11.6 Å². The van der Waals surface area contributed by atoms with Crippen molar-refractivity contribution in [2.75, 3.05) is 18.0 Å². The molecule has 102 valence electrons. The molecular formula is C11H10ClFN2O4. The summed E-state index contributed by atoms with van der Waals surface area (Å²) in [6.07, 6.45) is 1.38. The van der Waals surface area contributed by atoms with Gasteiger partial charge >= 0.3 is 5.97 Å². The minimum absolute atomic E-state index is 0.0507. The number of anilines is 1. The van der Waals surface area contributed by atoms with Gasteiger partial charge in [0.05, 0.1) is 16.0 Å². The quantitative estimate of drug-likeness (QED) is 0.494. The van der Waals surface area contributed by atoms with Gasteiger partial charge in [0.15, 0.2) is 0 Å². The van der Waals surface area contributed by atoms with Gasteiger partial charge in [0.25, 0.3) is 5.69 Å². The Morgan fingerprint density at radius 1 is 1.63 bits per heavy atom. The highest BCUT2D eigenvalue weighted by molar-refractivity contribution is 6.31. The Kier molecular flexibility index (Phi) is 4.82. The number of carboxylic acids is 1. The predicted octanol–water partition coefficient (Wildman–Crippen LogP) is 2.46.